The van der Waals surface area contributed by atoms with Gasteiger partial charge in [-0.1, -0.05) is 30.3 Å². The number of hydrogen-bond donors (Lipinski definition) is 3. The number of aryl methyl sites for hydroxylation is 1. The van der Waals surface area contributed by atoms with Crippen LogP contribution in [0.2, 0.25) is 0 Å². The normalized spacial score (nSPS) is 10.5. The van der Waals surface area contributed by atoms with Crippen molar-refractivity contribution < 1.29 is 5.11 Å². The van der Waals surface area contributed by atoms with Crippen molar-refractivity contribution in [2.45, 2.75) is 13.5 Å². The third-order valence-electron chi connectivity index (χ3n) is 3.46. The average molecular weight is 279 g/mol. The zero-order chi connectivity index (χ0) is 14.7. The minimum Gasteiger partial charge on any atom is -0.508 e. The molecule has 0 amide bonds. The molecule has 3 aromatic rings. The third kappa shape index (κ3) is 2.89. The second-order valence-corrected chi connectivity index (χ2v) is 4.99. The van der Waals surface area contributed by atoms with Gasteiger partial charge in [-0.3, -0.25) is 5.10 Å². The summed E-state index contributed by atoms with van der Waals surface area (Å²) in [5, 5.41) is 20.0. The molecule has 4 heteroatoms. The van der Waals surface area contributed by atoms with Gasteiger partial charge in [0.15, 0.2) is 0 Å². The molecule has 0 aliphatic carbocycles. The number of hydrogen-bond acceptors (Lipinski definition) is 3. The summed E-state index contributed by atoms with van der Waals surface area (Å²) in [6.45, 7) is 2.64. The second kappa shape index (κ2) is 5.71. The van der Waals surface area contributed by atoms with Crippen LogP contribution in [-0.4, -0.2) is 15.3 Å². The minimum absolute atomic E-state index is 0.284. The molecule has 2 aromatic carbocycles. The molecule has 0 bridgehead atoms. The molecule has 0 radical (unpaired) electrons. The number of aromatic amines is 1. The number of phenolic OH excluding ortho intramolecular Hbond substituents is 1. The maximum Gasteiger partial charge on any atom is 0.115 e. The van der Waals surface area contributed by atoms with Gasteiger partial charge in [0.05, 0.1) is 11.9 Å². The number of nitrogens with zero attached hydrogens (tertiary/aromatic N) is 1. The molecule has 0 saturated heterocycles. The lowest BCUT2D eigenvalue weighted by atomic mass is 10.1. The monoisotopic (exact) mass is 279 g/mol. The van der Waals surface area contributed by atoms with Gasteiger partial charge in [0.25, 0.3) is 0 Å². The van der Waals surface area contributed by atoms with Gasteiger partial charge in [0.1, 0.15) is 5.75 Å². The van der Waals surface area contributed by atoms with Gasteiger partial charge >= 0.3 is 0 Å². The molecule has 0 aliphatic rings. The van der Waals surface area contributed by atoms with Crippen molar-refractivity contribution in [3.63, 3.8) is 0 Å². The Morgan fingerprint density at radius 3 is 2.71 bits per heavy atom. The molecule has 1 aromatic heterocycles. The Kier molecular flexibility index (Phi) is 3.60. The predicted molar refractivity (Wildman–Crippen MR) is 84.2 cm³/mol. The van der Waals surface area contributed by atoms with E-state index in [1.807, 2.05) is 37.4 Å². The van der Waals surface area contributed by atoms with Crippen LogP contribution in [0, 0.1) is 6.92 Å². The lowest BCUT2D eigenvalue weighted by Crippen LogP contribution is -2.01. The molecule has 21 heavy (non-hydrogen) atoms. The van der Waals surface area contributed by atoms with Gasteiger partial charge in [0, 0.05) is 17.8 Å². The van der Waals surface area contributed by atoms with E-state index < -0.39 is 0 Å². The minimum atomic E-state index is 0.284. The number of anilines is 1. The van der Waals surface area contributed by atoms with Crippen LogP contribution in [0.4, 0.5) is 5.69 Å². The standard InChI is InChI=1S/C17H17N3O/c1-12-9-15(21)7-8-16(12)18-10-14-11-19-20-17(14)13-5-3-2-4-6-13/h2-9,11,18,21H,10H2,1H3,(H,19,20). The Morgan fingerprint density at radius 2 is 1.95 bits per heavy atom. The molecule has 0 fully saturated rings. The van der Waals surface area contributed by atoms with Crippen LogP contribution in [0.3, 0.4) is 0 Å². The largest absolute Gasteiger partial charge is 0.508 e. The molecular formula is C17H17N3O. The summed E-state index contributed by atoms with van der Waals surface area (Å²) in [4.78, 5) is 0. The highest BCUT2D eigenvalue weighted by Crippen LogP contribution is 2.24. The summed E-state index contributed by atoms with van der Waals surface area (Å²) in [6, 6.07) is 15.4. The van der Waals surface area contributed by atoms with E-state index in [0.29, 0.717) is 6.54 Å². The number of aromatic nitrogens is 2. The summed E-state index contributed by atoms with van der Waals surface area (Å²) in [5.74, 6) is 0.284. The number of rotatable bonds is 4. The highest BCUT2D eigenvalue weighted by Gasteiger charge is 2.07. The predicted octanol–water partition coefficient (Wildman–Crippen LogP) is 3.70. The SMILES string of the molecule is Cc1cc(O)ccc1NCc1cn[nH]c1-c1ccccc1. The van der Waals surface area contributed by atoms with E-state index >= 15 is 0 Å². The molecule has 0 aliphatic heterocycles. The first-order valence-electron chi connectivity index (χ1n) is 6.85. The van der Waals surface area contributed by atoms with Crippen molar-refractivity contribution in [2.24, 2.45) is 0 Å². The molecule has 3 N–H and O–H groups in total. The van der Waals surface area contributed by atoms with Crippen LogP contribution in [0.5, 0.6) is 5.75 Å². The Balaban J connectivity index is 1.79. The van der Waals surface area contributed by atoms with Gasteiger partial charge in [-0.2, -0.15) is 5.10 Å². The molecule has 0 spiro atoms. The molecule has 0 saturated carbocycles. The van der Waals surface area contributed by atoms with Crippen molar-refractivity contribution in [2.75, 3.05) is 5.32 Å². The Bertz CT molecular complexity index is 735. The van der Waals surface area contributed by atoms with Crippen LogP contribution in [0.1, 0.15) is 11.1 Å². The highest BCUT2D eigenvalue weighted by molar-refractivity contribution is 5.63. The Labute approximate surface area is 123 Å². The van der Waals surface area contributed by atoms with E-state index in [-0.39, 0.29) is 5.75 Å². The third-order valence-corrected chi connectivity index (χ3v) is 3.46. The van der Waals surface area contributed by atoms with Gasteiger partial charge in [-0.15, -0.1) is 0 Å². The molecular weight excluding hydrogens is 262 g/mol. The van der Waals surface area contributed by atoms with Crippen molar-refractivity contribution in [1.82, 2.24) is 10.2 Å². The lowest BCUT2D eigenvalue weighted by Gasteiger charge is -2.10. The summed E-state index contributed by atoms with van der Waals surface area (Å²) in [5.41, 5.74) is 5.27. The Hall–Kier alpha value is -2.75. The van der Waals surface area contributed by atoms with Gasteiger partial charge in [-0.25, -0.2) is 0 Å². The van der Waals surface area contributed by atoms with E-state index in [1.165, 1.54) is 0 Å². The van der Waals surface area contributed by atoms with Gasteiger partial charge in [-0.05, 0) is 36.2 Å². The van der Waals surface area contributed by atoms with Gasteiger partial charge < -0.3 is 10.4 Å². The van der Waals surface area contributed by atoms with Crippen molar-refractivity contribution in [3.8, 4) is 17.0 Å². The van der Waals surface area contributed by atoms with E-state index in [4.69, 9.17) is 0 Å². The lowest BCUT2D eigenvalue weighted by molar-refractivity contribution is 0.475. The highest BCUT2D eigenvalue weighted by atomic mass is 16.3. The second-order valence-electron chi connectivity index (χ2n) is 4.99. The zero-order valence-corrected chi connectivity index (χ0v) is 11.8. The van der Waals surface area contributed by atoms with Gasteiger partial charge in [0.2, 0.25) is 0 Å². The fourth-order valence-corrected chi connectivity index (χ4v) is 2.34. The van der Waals surface area contributed by atoms with E-state index in [2.05, 4.69) is 27.6 Å². The first kappa shape index (κ1) is 13.2. The van der Waals surface area contributed by atoms with Crippen LogP contribution in [-0.2, 0) is 6.54 Å². The van der Waals surface area contributed by atoms with Crippen molar-refractivity contribution in [1.29, 1.82) is 0 Å². The first-order valence-corrected chi connectivity index (χ1v) is 6.85. The quantitative estimate of drug-likeness (QED) is 0.638. The number of phenols is 1. The fraction of sp³-hybridized carbons (Fsp3) is 0.118. The van der Waals surface area contributed by atoms with Crippen LogP contribution in [0.25, 0.3) is 11.3 Å². The zero-order valence-electron chi connectivity index (χ0n) is 11.8. The number of aromatic hydroxyl groups is 1. The molecule has 3 rings (SSSR count). The fourth-order valence-electron chi connectivity index (χ4n) is 2.34. The van der Waals surface area contributed by atoms with E-state index in [0.717, 1.165) is 28.1 Å². The molecule has 4 nitrogen and oxygen atoms in total. The molecule has 0 unspecified atom stereocenters. The summed E-state index contributed by atoms with van der Waals surface area (Å²) in [6.07, 6.45) is 1.84. The van der Waals surface area contributed by atoms with Crippen LogP contribution >= 0.6 is 0 Å². The topological polar surface area (TPSA) is 60.9 Å². The first-order chi connectivity index (χ1) is 10.2. The summed E-state index contributed by atoms with van der Waals surface area (Å²) in [7, 11) is 0. The maximum absolute atomic E-state index is 9.44. The molecule has 0 atom stereocenters. The van der Waals surface area contributed by atoms with Crippen molar-refractivity contribution in [3.05, 3.63) is 65.9 Å². The van der Waals surface area contributed by atoms with E-state index in [1.54, 1.807) is 12.1 Å². The molecule has 106 valence electrons. The number of H-pyrrole nitrogens is 1. The Morgan fingerprint density at radius 1 is 1.14 bits per heavy atom. The van der Waals surface area contributed by atoms with Crippen LogP contribution < -0.4 is 5.32 Å². The average Bonchev–Trinajstić information content (AvgIpc) is 2.96. The molecule has 1 heterocycles. The smallest absolute Gasteiger partial charge is 0.115 e. The summed E-state index contributed by atoms with van der Waals surface area (Å²) >= 11 is 0. The maximum atomic E-state index is 9.44. The number of benzene rings is 2. The summed E-state index contributed by atoms with van der Waals surface area (Å²) < 4.78 is 0. The van der Waals surface area contributed by atoms with E-state index in [9.17, 15) is 5.11 Å². The van der Waals surface area contributed by atoms with Crippen LogP contribution in [0.15, 0.2) is 54.7 Å². The van der Waals surface area contributed by atoms with Crippen molar-refractivity contribution >= 4 is 5.69 Å². The number of nitrogens with one attached hydrogen (secondary N) is 2.